The maximum Gasteiger partial charge on any atom is 0.239 e. The third-order valence-electron chi connectivity index (χ3n) is 3.88. The molecule has 0 aromatic rings. The zero-order valence-corrected chi connectivity index (χ0v) is 11.8. The molecule has 0 saturated heterocycles. The lowest BCUT2D eigenvalue weighted by atomic mass is 9.84. The Labute approximate surface area is 111 Å². The molecule has 1 fully saturated rings. The Morgan fingerprint density at radius 1 is 1.33 bits per heavy atom. The summed E-state index contributed by atoms with van der Waals surface area (Å²) in [6.07, 6.45) is 7.09. The number of aliphatic hydroxyl groups is 1. The fourth-order valence-corrected chi connectivity index (χ4v) is 2.83. The van der Waals surface area contributed by atoms with Crippen molar-refractivity contribution in [3.8, 4) is 0 Å². The average Bonchev–Trinajstić information content (AvgIpc) is 2.36. The number of hydrogen-bond donors (Lipinski definition) is 2. The van der Waals surface area contributed by atoms with Gasteiger partial charge in [0.25, 0.3) is 0 Å². The first kappa shape index (κ1) is 15.4. The van der Waals surface area contributed by atoms with Crippen LogP contribution in [0.5, 0.6) is 0 Å². The Hall–Kier alpha value is -0.610. The summed E-state index contributed by atoms with van der Waals surface area (Å²) < 4.78 is 0. The van der Waals surface area contributed by atoms with Crippen LogP contribution in [0.1, 0.15) is 52.4 Å². The fourth-order valence-electron chi connectivity index (χ4n) is 2.83. The van der Waals surface area contributed by atoms with Crippen LogP contribution in [0.4, 0.5) is 0 Å². The van der Waals surface area contributed by atoms with Crippen LogP contribution in [0.15, 0.2) is 0 Å². The van der Waals surface area contributed by atoms with Crippen molar-refractivity contribution in [3.05, 3.63) is 0 Å². The molecule has 1 rings (SSSR count). The van der Waals surface area contributed by atoms with Crippen LogP contribution >= 0.6 is 0 Å². The summed E-state index contributed by atoms with van der Waals surface area (Å²) in [6.45, 7) is 4.30. The second-order valence-electron chi connectivity index (χ2n) is 5.70. The normalized spacial score (nSPS) is 18.9. The minimum atomic E-state index is -0.401. The van der Waals surface area contributed by atoms with Gasteiger partial charge in [0.15, 0.2) is 0 Å². The summed E-state index contributed by atoms with van der Waals surface area (Å²) >= 11 is 0. The zero-order chi connectivity index (χ0) is 13.5. The molecule has 18 heavy (non-hydrogen) atoms. The van der Waals surface area contributed by atoms with E-state index in [1.807, 2.05) is 13.8 Å². The topological polar surface area (TPSA) is 66.6 Å². The van der Waals surface area contributed by atoms with E-state index in [1.165, 1.54) is 32.1 Å². The highest BCUT2D eigenvalue weighted by Crippen LogP contribution is 2.27. The molecule has 0 aliphatic heterocycles. The monoisotopic (exact) mass is 256 g/mol. The molecule has 0 bridgehead atoms. The standard InChI is InChI=1S/C14H28N2O2/c1-11(2)16(8-9-17)14(18)13(15)10-12-6-4-3-5-7-12/h11-13,17H,3-10,15H2,1-2H3. The van der Waals surface area contributed by atoms with E-state index in [4.69, 9.17) is 10.8 Å². The van der Waals surface area contributed by atoms with Gasteiger partial charge in [0.2, 0.25) is 5.91 Å². The summed E-state index contributed by atoms with van der Waals surface area (Å²) in [5.41, 5.74) is 6.04. The first-order valence-corrected chi connectivity index (χ1v) is 7.23. The lowest BCUT2D eigenvalue weighted by molar-refractivity contribution is -0.135. The van der Waals surface area contributed by atoms with Gasteiger partial charge in [-0.1, -0.05) is 32.1 Å². The highest BCUT2D eigenvalue weighted by molar-refractivity contribution is 5.81. The van der Waals surface area contributed by atoms with Crippen molar-refractivity contribution >= 4 is 5.91 Å². The van der Waals surface area contributed by atoms with Crippen molar-refractivity contribution in [2.45, 2.75) is 64.5 Å². The number of aliphatic hydroxyl groups excluding tert-OH is 1. The molecule has 1 saturated carbocycles. The molecule has 0 aromatic heterocycles. The van der Waals surface area contributed by atoms with Crippen molar-refractivity contribution in [2.24, 2.45) is 11.7 Å². The van der Waals surface area contributed by atoms with Crippen LogP contribution in [-0.4, -0.2) is 41.1 Å². The number of nitrogens with zero attached hydrogens (tertiary/aromatic N) is 1. The van der Waals surface area contributed by atoms with Crippen molar-refractivity contribution in [3.63, 3.8) is 0 Å². The average molecular weight is 256 g/mol. The Bertz CT molecular complexity index is 250. The van der Waals surface area contributed by atoms with Gasteiger partial charge in [0.1, 0.15) is 0 Å². The number of amides is 1. The van der Waals surface area contributed by atoms with E-state index >= 15 is 0 Å². The van der Waals surface area contributed by atoms with Gasteiger partial charge in [0, 0.05) is 12.6 Å². The molecular weight excluding hydrogens is 228 g/mol. The van der Waals surface area contributed by atoms with Crippen LogP contribution in [0.3, 0.4) is 0 Å². The highest BCUT2D eigenvalue weighted by Gasteiger charge is 2.26. The van der Waals surface area contributed by atoms with E-state index in [1.54, 1.807) is 4.90 Å². The third kappa shape index (κ3) is 4.58. The number of hydrogen-bond acceptors (Lipinski definition) is 3. The largest absolute Gasteiger partial charge is 0.395 e. The molecule has 4 heteroatoms. The van der Waals surface area contributed by atoms with Crippen molar-refractivity contribution in [1.82, 2.24) is 4.90 Å². The molecule has 0 spiro atoms. The molecule has 1 amide bonds. The van der Waals surface area contributed by atoms with E-state index in [0.29, 0.717) is 12.5 Å². The van der Waals surface area contributed by atoms with E-state index in [0.717, 1.165) is 6.42 Å². The predicted octanol–water partition coefficient (Wildman–Crippen LogP) is 1.51. The molecule has 1 aliphatic carbocycles. The fraction of sp³-hybridized carbons (Fsp3) is 0.929. The minimum absolute atomic E-state index is 0.0000680. The minimum Gasteiger partial charge on any atom is -0.395 e. The predicted molar refractivity (Wildman–Crippen MR) is 73.1 cm³/mol. The van der Waals surface area contributed by atoms with Gasteiger partial charge in [0.05, 0.1) is 12.6 Å². The van der Waals surface area contributed by atoms with Crippen molar-refractivity contribution < 1.29 is 9.90 Å². The molecule has 0 radical (unpaired) electrons. The maximum absolute atomic E-state index is 12.2. The van der Waals surface area contributed by atoms with Crippen molar-refractivity contribution in [1.29, 1.82) is 0 Å². The summed E-state index contributed by atoms with van der Waals surface area (Å²) in [4.78, 5) is 13.9. The van der Waals surface area contributed by atoms with Gasteiger partial charge >= 0.3 is 0 Å². The number of rotatable bonds is 6. The molecule has 1 atom stereocenters. The molecule has 3 N–H and O–H groups in total. The molecule has 1 aliphatic rings. The summed E-state index contributed by atoms with van der Waals surface area (Å²) in [5, 5.41) is 9.00. The lowest BCUT2D eigenvalue weighted by Crippen LogP contribution is -2.48. The van der Waals surface area contributed by atoms with E-state index < -0.39 is 6.04 Å². The van der Waals surface area contributed by atoms with Crippen molar-refractivity contribution in [2.75, 3.05) is 13.2 Å². The summed E-state index contributed by atoms with van der Waals surface area (Å²) in [6, 6.07) is -0.302. The van der Waals surface area contributed by atoms with Crippen LogP contribution < -0.4 is 5.73 Å². The molecule has 0 heterocycles. The Kier molecular flexibility index (Phi) is 6.65. The SMILES string of the molecule is CC(C)N(CCO)C(=O)C(N)CC1CCCCC1. The van der Waals surface area contributed by atoms with E-state index in [-0.39, 0.29) is 18.6 Å². The van der Waals surface area contributed by atoms with Crippen LogP contribution in [-0.2, 0) is 4.79 Å². The van der Waals surface area contributed by atoms with Gasteiger partial charge < -0.3 is 15.7 Å². The number of carbonyl (C=O) groups is 1. The second-order valence-corrected chi connectivity index (χ2v) is 5.70. The van der Waals surface area contributed by atoms with Crippen LogP contribution in [0.25, 0.3) is 0 Å². The smallest absolute Gasteiger partial charge is 0.239 e. The van der Waals surface area contributed by atoms with E-state index in [9.17, 15) is 4.79 Å². The molecule has 106 valence electrons. The molecule has 1 unspecified atom stereocenters. The second kappa shape index (κ2) is 7.74. The number of nitrogens with two attached hydrogens (primary N) is 1. The highest BCUT2D eigenvalue weighted by atomic mass is 16.3. The van der Waals surface area contributed by atoms with E-state index in [2.05, 4.69) is 0 Å². The Morgan fingerprint density at radius 2 is 1.94 bits per heavy atom. The third-order valence-corrected chi connectivity index (χ3v) is 3.88. The maximum atomic E-state index is 12.2. The lowest BCUT2D eigenvalue weighted by Gasteiger charge is -2.31. The Morgan fingerprint density at radius 3 is 2.44 bits per heavy atom. The van der Waals surface area contributed by atoms with Crippen LogP contribution in [0, 0.1) is 5.92 Å². The zero-order valence-electron chi connectivity index (χ0n) is 11.8. The summed E-state index contributed by atoms with van der Waals surface area (Å²) in [5.74, 6) is 0.602. The first-order chi connectivity index (χ1) is 8.56. The molecule has 4 nitrogen and oxygen atoms in total. The molecule has 0 aromatic carbocycles. The van der Waals surface area contributed by atoms with Gasteiger partial charge in [-0.15, -0.1) is 0 Å². The number of carbonyl (C=O) groups excluding carboxylic acids is 1. The quantitative estimate of drug-likeness (QED) is 0.757. The molecular formula is C14H28N2O2. The summed E-state index contributed by atoms with van der Waals surface area (Å²) in [7, 11) is 0. The van der Waals surface area contributed by atoms with Gasteiger partial charge in [-0.2, -0.15) is 0 Å². The van der Waals surface area contributed by atoms with Gasteiger partial charge in [-0.25, -0.2) is 0 Å². The first-order valence-electron chi connectivity index (χ1n) is 7.23. The van der Waals surface area contributed by atoms with Gasteiger partial charge in [-0.05, 0) is 26.2 Å². The van der Waals surface area contributed by atoms with Crippen LogP contribution in [0.2, 0.25) is 0 Å². The van der Waals surface area contributed by atoms with Gasteiger partial charge in [-0.3, -0.25) is 4.79 Å². The Balaban J connectivity index is 2.47.